The summed E-state index contributed by atoms with van der Waals surface area (Å²) in [4.78, 5) is 4.04. The van der Waals surface area contributed by atoms with Crippen LogP contribution in [0.5, 0.6) is 5.75 Å². The molecule has 4 heteroatoms. The van der Waals surface area contributed by atoms with Crippen LogP contribution in [0.1, 0.15) is 0 Å². The maximum Gasteiger partial charge on any atom is 0.137 e. The van der Waals surface area contributed by atoms with Gasteiger partial charge in [-0.05, 0) is 12.1 Å². The van der Waals surface area contributed by atoms with E-state index in [-0.39, 0.29) is 5.41 Å². The summed E-state index contributed by atoms with van der Waals surface area (Å²) in [5.41, 5.74) is 0.176. The fourth-order valence-electron chi connectivity index (χ4n) is 2.54. The lowest BCUT2D eigenvalue weighted by atomic mass is 9.82. The van der Waals surface area contributed by atoms with Gasteiger partial charge < -0.3 is 14.8 Å². The molecular formula is C12H16N2O2. The molecule has 2 saturated heterocycles. The molecule has 0 amide bonds. The van der Waals surface area contributed by atoms with Crippen molar-refractivity contribution in [2.24, 2.45) is 11.3 Å². The highest BCUT2D eigenvalue weighted by atomic mass is 16.5. The van der Waals surface area contributed by atoms with Crippen molar-refractivity contribution < 1.29 is 9.47 Å². The number of ether oxygens (including phenoxy) is 2. The fraction of sp³-hybridized carbons (Fsp3) is 0.583. The minimum Gasteiger partial charge on any atom is -0.491 e. The third-order valence-electron chi connectivity index (χ3n) is 3.60. The Hall–Kier alpha value is -1.13. The second-order valence-electron chi connectivity index (χ2n) is 4.68. The molecule has 0 bridgehead atoms. The highest BCUT2D eigenvalue weighted by Crippen LogP contribution is 2.37. The highest BCUT2D eigenvalue weighted by molar-refractivity contribution is 5.16. The molecule has 2 aliphatic heterocycles. The first-order chi connectivity index (χ1) is 7.89. The average Bonchev–Trinajstić information content (AvgIpc) is 2.87. The van der Waals surface area contributed by atoms with Crippen LogP contribution in [0, 0.1) is 11.3 Å². The smallest absolute Gasteiger partial charge is 0.137 e. The van der Waals surface area contributed by atoms with Crippen molar-refractivity contribution in [3.8, 4) is 5.75 Å². The second kappa shape index (κ2) is 4.03. The summed E-state index contributed by atoms with van der Waals surface area (Å²) in [7, 11) is 0. The van der Waals surface area contributed by atoms with Gasteiger partial charge in [0, 0.05) is 30.6 Å². The summed E-state index contributed by atoms with van der Waals surface area (Å²) in [5, 5.41) is 3.43. The topological polar surface area (TPSA) is 43.4 Å². The molecule has 2 aliphatic rings. The standard InChI is InChI=1S/C12H16N2O2/c1-2-11(5-13-3-1)16-9-12-7-14-4-10(12)6-15-8-12/h1-3,5,10,14H,4,6-9H2/t10-,12+/m1/s1. The van der Waals surface area contributed by atoms with Crippen molar-refractivity contribution in [1.29, 1.82) is 0 Å². The van der Waals surface area contributed by atoms with Crippen molar-refractivity contribution in [2.75, 3.05) is 32.9 Å². The van der Waals surface area contributed by atoms with E-state index in [0.717, 1.165) is 38.7 Å². The number of aromatic nitrogens is 1. The lowest BCUT2D eigenvalue weighted by molar-refractivity contribution is 0.108. The third kappa shape index (κ3) is 1.68. The molecule has 86 valence electrons. The molecule has 0 unspecified atom stereocenters. The van der Waals surface area contributed by atoms with Gasteiger partial charge in [0.15, 0.2) is 0 Å². The van der Waals surface area contributed by atoms with Crippen molar-refractivity contribution in [2.45, 2.75) is 0 Å². The molecule has 0 saturated carbocycles. The van der Waals surface area contributed by atoms with E-state index in [1.165, 1.54) is 0 Å². The van der Waals surface area contributed by atoms with Gasteiger partial charge in [0.2, 0.25) is 0 Å². The predicted octanol–water partition coefficient (Wildman–Crippen LogP) is 0.696. The lowest BCUT2D eigenvalue weighted by Crippen LogP contribution is -2.36. The Morgan fingerprint density at radius 1 is 1.62 bits per heavy atom. The van der Waals surface area contributed by atoms with Gasteiger partial charge in [-0.1, -0.05) is 0 Å². The van der Waals surface area contributed by atoms with E-state index in [2.05, 4.69) is 10.3 Å². The van der Waals surface area contributed by atoms with Crippen LogP contribution < -0.4 is 10.1 Å². The van der Waals surface area contributed by atoms with E-state index in [1.807, 2.05) is 12.1 Å². The first-order valence-corrected chi connectivity index (χ1v) is 5.70. The van der Waals surface area contributed by atoms with Gasteiger partial charge in [0.05, 0.1) is 26.0 Å². The van der Waals surface area contributed by atoms with Crippen molar-refractivity contribution in [1.82, 2.24) is 10.3 Å². The van der Waals surface area contributed by atoms with Crippen molar-refractivity contribution >= 4 is 0 Å². The van der Waals surface area contributed by atoms with Gasteiger partial charge in [-0.2, -0.15) is 0 Å². The zero-order chi connectivity index (χ0) is 10.8. The van der Waals surface area contributed by atoms with Crippen LogP contribution in [0.2, 0.25) is 0 Å². The lowest BCUT2D eigenvalue weighted by Gasteiger charge is -2.25. The largest absolute Gasteiger partial charge is 0.491 e. The van der Waals surface area contributed by atoms with E-state index in [0.29, 0.717) is 5.92 Å². The molecule has 1 N–H and O–H groups in total. The molecule has 3 heterocycles. The SMILES string of the molecule is c1cncc(OC[C@@]23CNC[C@@H]2COC3)c1. The molecular weight excluding hydrogens is 204 g/mol. The Morgan fingerprint density at radius 2 is 2.62 bits per heavy atom. The van der Waals surface area contributed by atoms with Gasteiger partial charge >= 0.3 is 0 Å². The molecule has 0 aliphatic carbocycles. The third-order valence-corrected chi connectivity index (χ3v) is 3.60. The van der Waals surface area contributed by atoms with Crippen molar-refractivity contribution in [3.63, 3.8) is 0 Å². The van der Waals surface area contributed by atoms with Crippen LogP contribution in [0.15, 0.2) is 24.5 Å². The van der Waals surface area contributed by atoms with Crippen LogP contribution in [0.3, 0.4) is 0 Å². The monoisotopic (exact) mass is 220 g/mol. The number of pyridine rings is 1. The first-order valence-electron chi connectivity index (χ1n) is 5.70. The number of nitrogens with zero attached hydrogens (tertiary/aromatic N) is 1. The quantitative estimate of drug-likeness (QED) is 0.814. The Balaban J connectivity index is 1.66. The van der Waals surface area contributed by atoms with Gasteiger partial charge in [-0.25, -0.2) is 0 Å². The van der Waals surface area contributed by atoms with Crippen LogP contribution in [-0.4, -0.2) is 37.9 Å². The number of hydrogen-bond donors (Lipinski definition) is 1. The van der Waals surface area contributed by atoms with E-state index in [9.17, 15) is 0 Å². The zero-order valence-corrected chi connectivity index (χ0v) is 9.19. The fourth-order valence-corrected chi connectivity index (χ4v) is 2.54. The molecule has 1 aromatic rings. The molecule has 0 aromatic carbocycles. The van der Waals surface area contributed by atoms with Gasteiger partial charge in [0.25, 0.3) is 0 Å². The van der Waals surface area contributed by atoms with Crippen LogP contribution in [0.25, 0.3) is 0 Å². The first kappa shape index (κ1) is 10.1. The Bertz CT molecular complexity index is 345. The Labute approximate surface area is 95.0 Å². The molecule has 3 rings (SSSR count). The summed E-state index contributed by atoms with van der Waals surface area (Å²) >= 11 is 0. The molecule has 4 nitrogen and oxygen atoms in total. The molecule has 2 fully saturated rings. The normalized spacial score (nSPS) is 32.6. The number of fused-ring (bicyclic) bond motifs is 1. The number of rotatable bonds is 3. The van der Waals surface area contributed by atoms with Crippen LogP contribution in [0.4, 0.5) is 0 Å². The summed E-state index contributed by atoms with van der Waals surface area (Å²) in [6.45, 7) is 4.44. The van der Waals surface area contributed by atoms with E-state index in [1.54, 1.807) is 12.4 Å². The van der Waals surface area contributed by atoms with Crippen molar-refractivity contribution in [3.05, 3.63) is 24.5 Å². The van der Waals surface area contributed by atoms with Gasteiger partial charge in [0.1, 0.15) is 5.75 Å². The molecule has 0 spiro atoms. The number of hydrogen-bond acceptors (Lipinski definition) is 4. The van der Waals surface area contributed by atoms with Crippen LogP contribution in [-0.2, 0) is 4.74 Å². The minimum absolute atomic E-state index is 0.176. The predicted molar refractivity (Wildman–Crippen MR) is 59.3 cm³/mol. The maximum absolute atomic E-state index is 5.81. The second-order valence-corrected chi connectivity index (χ2v) is 4.68. The average molecular weight is 220 g/mol. The van der Waals surface area contributed by atoms with E-state index >= 15 is 0 Å². The minimum atomic E-state index is 0.176. The summed E-state index contributed by atoms with van der Waals surface area (Å²) in [6, 6.07) is 3.83. The van der Waals surface area contributed by atoms with E-state index in [4.69, 9.17) is 9.47 Å². The molecule has 0 radical (unpaired) electrons. The number of nitrogens with one attached hydrogen (secondary N) is 1. The molecule has 1 aromatic heterocycles. The Morgan fingerprint density at radius 3 is 3.50 bits per heavy atom. The summed E-state index contributed by atoms with van der Waals surface area (Å²) in [5.74, 6) is 1.44. The summed E-state index contributed by atoms with van der Waals surface area (Å²) < 4.78 is 11.4. The molecule has 16 heavy (non-hydrogen) atoms. The van der Waals surface area contributed by atoms with Crippen LogP contribution >= 0.6 is 0 Å². The zero-order valence-electron chi connectivity index (χ0n) is 9.19. The maximum atomic E-state index is 5.81. The Kier molecular flexibility index (Phi) is 2.53. The highest BCUT2D eigenvalue weighted by Gasteiger charge is 2.48. The summed E-state index contributed by atoms with van der Waals surface area (Å²) in [6.07, 6.45) is 3.51. The van der Waals surface area contributed by atoms with Gasteiger partial charge in [-0.15, -0.1) is 0 Å². The van der Waals surface area contributed by atoms with Gasteiger partial charge in [-0.3, -0.25) is 4.98 Å². The van der Waals surface area contributed by atoms with E-state index < -0.39 is 0 Å². The molecule has 2 atom stereocenters.